The van der Waals surface area contributed by atoms with Gasteiger partial charge >= 0.3 is 0 Å². The summed E-state index contributed by atoms with van der Waals surface area (Å²) in [6.45, 7) is 5.27. The maximum Gasteiger partial charge on any atom is 0.232 e. The van der Waals surface area contributed by atoms with E-state index in [9.17, 15) is 9.59 Å². The van der Waals surface area contributed by atoms with Crippen molar-refractivity contribution in [3.8, 4) is 0 Å². The summed E-state index contributed by atoms with van der Waals surface area (Å²) in [6.07, 6.45) is 1.64. The van der Waals surface area contributed by atoms with Gasteiger partial charge in [-0.05, 0) is 12.3 Å². The molecule has 1 saturated heterocycles. The maximum atomic E-state index is 11.9. The number of hydrogen-bond acceptors (Lipinski definition) is 5. The van der Waals surface area contributed by atoms with Gasteiger partial charge in [0.2, 0.25) is 11.8 Å². The molecule has 0 aromatic carbocycles. The topological polar surface area (TPSA) is 78.9 Å². The second kappa shape index (κ2) is 10.9. The highest BCUT2D eigenvalue weighted by Crippen LogP contribution is 2.07. The highest BCUT2D eigenvalue weighted by atomic mass is 32.2. The number of rotatable bonds is 9. The molecule has 7 heteroatoms. The number of nitrogens with one attached hydrogen (secondary N) is 1. The minimum absolute atomic E-state index is 0.0498. The molecular formula is C14H26N2O4S. The Balaban J connectivity index is 2.10. The van der Waals surface area contributed by atoms with Gasteiger partial charge in [0.15, 0.2) is 0 Å². The van der Waals surface area contributed by atoms with Crippen molar-refractivity contribution >= 4 is 23.6 Å². The third-order valence-corrected chi connectivity index (χ3v) is 4.44. The van der Waals surface area contributed by atoms with Crippen LogP contribution in [-0.2, 0) is 14.3 Å². The van der Waals surface area contributed by atoms with Crippen LogP contribution in [-0.4, -0.2) is 72.8 Å². The Kier molecular flexibility index (Phi) is 9.45. The Morgan fingerprint density at radius 2 is 2.05 bits per heavy atom. The van der Waals surface area contributed by atoms with E-state index in [1.165, 1.54) is 11.8 Å². The Hall–Kier alpha value is -0.790. The van der Waals surface area contributed by atoms with Crippen molar-refractivity contribution in [2.45, 2.75) is 19.8 Å². The number of carbonyl (C=O) groups is 2. The first kappa shape index (κ1) is 18.3. The molecule has 1 heterocycles. The number of aliphatic hydroxyl groups is 1. The number of carbonyl (C=O) groups excluding carboxylic acids is 2. The van der Waals surface area contributed by atoms with Crippen LogP contribution < -0.4 is 5.32 Å². The summed E-state index contributed by atoms with van der Waals surface area (Å²) in [6, 6.07) is 0. The molecule has 1 unspecified atom stereocenters. The molecule has 1 fully saturated rings. The van der Waals surface area contributed by atoms with Crippen LogP contribution in [0.15, 0.2) is 0 Å². The lowest BCUT2D eigenvalue weighted by Gasteiger charge is -2.26. The number of nitrogens with zero attached hydrogens (tertiary/aromatic N) is 1. The summed E-state index contributed by atoms with van der Waals surface area (Å²) in [5.41, 5.74) is 0. The predicted octanol–water partition coefficient (Wildman–Crippen LogP) is 0.103. The lowest BCUT2D eigenvalue weighted by molar-refractivity contribution is -0.132. The smallest absolute Gasteiger partial charge is 0.232 e. The Morgan fingerprint density at radius 3 is 2.67 bits per heavy atom. The van der Waals surface area contributed by atoms with Crippen LogP contribution >= 0.6 is 11.8 Å². The number of amides is 2. The predicted molar refractivity (Wildman–Crippen MR) is 83.2 cm³/mol. The third kappa shape index (κ3) is 7.68. The van der Waals surface area contributed by atoms with E-state index in [-0.39, 0.29) is 18.4 Å². The van der Waals surface area contributed by atoms with E-state index in [0.717, 1.165) is 6.42 Å². The Labute approximate surface area is 130 Å². The number of morpholine rings is 1. The molecule has 0 aliphatic carbocycles. The van der Waals surface area contributed by atoms with Crippen LogP contribution in [0.5, 0.6) is 0 Å². The maximum absolute atomic E-state index is 11.9. The van der Waals surface area contributed by atoms with Gasteiger partial charge in [-0.25, -0.2) is 0 Å². The molecule has 1 aliphatic rings. The van der Waals surface area contributed by atoms with Crippen molar-refractivity contribution in [3.63, 3.8) is 0 Å². The van der Waals surface area contributed by atoms with Crippen LogP contribution in [0, 0.1) is 5.92 Å². The number of aliphatic hydroxyl groups excluding tert-OH is 1. The summed E-state index contributed by atoms with van der Waals surface area (Å²) < 4.78 is 5.19. The van der Waals surface area contributed by atoms with Crippen LogP contribution in [0.1, 0.15) is 19.8 Å². The number of hydrogen-bond donors (Lipinski definition) is 2. The van der Waals surface area contributed by atoms with Crippen LogP contribution in [0.2, 0.25) is 0 Å². The fourth-order valence-corrected chi connectivity index (χ4v) is 2.82. The van der Waals surface area contributed by atoms with Crippen molar-refractivity contribution in [1.82, 2.24) is 10.2 Å². The minimum atomic E-state index is -0.0498. The summed E-state index contributed by atoms with van der Waals surface area (Å²) in [4.78, 5) is 25.3. The van der Waals surface area contributed by atoms with Crippen molar-refractivity contribution < 1.29 is 19.4 Å². The first-order valence-electron chi connectivity index (χ1n) is 7.48. The zero-order valence-corrected chi connectivity index (χ0v) is 13.5. The summed E-state index contributed by atoms with van der Waals surface area (Å²) in [5.74, 6) is 0.973. The van der Waals surface area contributed by atoms with Crippen molar-refractivity contribution in [2.75, 3.05) is 51.0 Å². The zero-order chi connectivity index (χ0) is 15.5. The van der Waals surface area contributed by atoms with E-state index in [1.54, 1.807) is 4.90 Å². The summed E-state index contributed by atoms with van der Waals surface area (Å²) >= 11 is 1.34. The first-order chi connectivity index (χ1) is 10.2. The second-order valence-electron chi connectivity index (χ2n) is 5.08. The molecule has 1 rings (SSSR count). The highest BCUT2D eigenvalue weighted by molar-refractivity contribution is 8.00. The summed E-state index contributed by atoms with van der Waals surface area (Å²) in [7, 11) is 0. The third-order valence-electron chi connectivity index (χ3n) is 3.53. The molecule has 1 atom stereocenters. The van der Waals surface area contributed by atoms with E-state index in [4.69, 9.17) is 9.84 Å². The largest absolute Gasteiger partial charge is 0.396 e. The van der Waals surface area contributed by atoms with Crippen LogP contribution in [0.3, 0.4) is 0 Å². The van der Waals surface area contributed by atoms with Gasteiger partial charge in [0.1, 0.15) is 0 Å². The molecule has 122 valence electrons. The van der Waals surface area contributed by atoms with Crippen LogP contribution in [0.4, 0.5) is 0 Å². The average molecular weight is 318 g/mol. The standard InChI is InChI=1S/C14H26N2O4S/c1-2-12(3-6-17)9-15-13(18)10-21-11-14(19)16-4-7-20-8-5-16/h12,17H,2-11H2,1H3,(H,15,18). The van der Waals surface area contributed by atoms with E-state index in [0.29, 0.717) is 56.7 Å². The fourth-order valence-electron chi connectivity index (χ4n) is 2.08. The average Bonchev–Trinajstić information content (AvgIpc) is 2.52. The lowest BCUT2D eigenvalue weighted by Crippen LogP contribution is -2.41. The highest BCUT2D eigenvalue weighted by Gasteiger charge is 2.17. The van der Waals surface area contributed by atoms with E-state index in [1.807, 2.05) is 6.92 Å². The zero-order valence-electron chi connectivity index (χ0n) is 12.7. The van der Waals surface area contributed by atoms with Gasteiger partial charge in [0, 0.05) is 26.2 Å². The minimum Gasteiger partial charge on any atom is -0.396 e. The molecule has 1 aliphatic heterocycles. The Morgan fingerprint density at radius 1 is 1.33 bits per heavy atom. The lowest BCUT2D eigenvalue weighted by atomic mass is 10.0. The van der Waals surface area contributed by atoms with Gasteiger partial charge in [0.05, 0.1) is 24.7 Å². The quantitative estimate of drug-likeness (QED) is 0.630. The Bertz CT molecular complexity index is 322. The van der Waals surface area contributed by atoms with Crippen LogP contribution in [0.25, 0.3) is 0 Å². The van der Waals surface area contributed by atoms with Gasteiger partial charge in [-0.15, -0.1) is 11.8 Å². The molecule has 0 aromatic heterocycles. The van der Waals surface area contributed by atoms with E-state index >= 15 is 0 Å². The van der Waals surface area contributed by atoms with Gasteiger partial charge < -0.3 is 20.1 Å². The molecule has 0 saturated carbocycles. The molecule has 2 N–H and O–H groups in total. The van der Waals surface area contributed by atoms with Crippen molar-refractivity contribution in [2.24, 2.45) is 5.92 Å². The number of thioether (sulfide) groups is 1. The molecule has 0 aromatic rings. The second-order valence-corrected chi connectivity index (χ2v) is 6.06. The molecular weight excluding hydrogens is 292 g/mol. The molecule has 2 amide bonds. The van der Waals surface area contributed by atoms with Gasteiger partial charge in [-0.2, -0.15) is 0 Å². The monoisotopic (exact) mass is 318 g/mol. The van der Waals surface area contributed by atoms with Gasteiger partial charge in [0.25, 0.3) is 0 Å². The normalized spacial score (nSPS) is 16.6. The molecule has 0 bridgehead atoms. The molecule has 21 heavy (non-hydrogen) atoms. The van der Waals surface area contributed by atoms with Gasteiger partial charge in [-0.3, -0.25) is 9.59 Å². The molecule has 0 spiro atoms. The van der Waals surface area contributed by atoms with E-state index in [2.05, 4.69) is 5.32 Å². The fraction of sp³-hybridized carbons (Fsp3) is 0.857. The molecule has 0 radical (unpaired) electrons. The van der Waals surface area contributed by atoms with E-state index < -0.39 is 0 Å². The van der Waals surface area contributed by atoms with Gasteiger partial charge in [-0.1, -0.05) is 13.3 Å². The number of ether oxygens (including phenoxy) is 1. The first-order valence-corrected chi connectivity index (χ1v) is 8.63. The van der Waals surface area contributed by atoms with Crippen molar-refractivity contribution in [1.29, 1.82) is 0 Å². The SMILES string of the molecule is CCC(CCO)CNC(=O)CSCC(=O)N1CCOCC1. The summed E-state index contributed by atoms with van der Waals surface area (Å²) in [5, 5.41) is 11.7. The molecule has 6 nitrogen and oxygen atoms in total. The van der Waals surface area contributed by atoms with Crippen molar-refractivity contribution in [3.05, 3.63) is 0 Å².